The third-order valence-electron chi connectivity index (χ3n) is 5.55. The van der Waals surface area contributed by atoms with E-state index in [1.807, 2.05) is 0 Å². The van der Waals surface area contributed by atoms with Crippen LogP contribution >= 0.6 is 11.6 Å². The predicted octanol–water partition coefficient (Wildman–Crippen LogP) is 5.72. The summed E-state index contributed by atoms with van der Waals surface area (Å²) in [6, 6.07) is 4.05. The van der Waals surface area contributed by atoms with Gasteiger partial charge in [-0.1, -0.05) is 31.7 Å². The molecule has 1 aromatic carbocycles. The van der Waals surface area contributed by atoms with Crippen LogP contribution in [0.25, 0.3) is 0 Å². The van der Waals surface area contributed by atoms with Crippen LogP contribution in [0.15, 0.2) is 18.2 Å². The zero-order valence-corrected chi connectivity index (χ0v) is 13.1. The standard InChI is InChI=1S/C18H23ClF2/c19-16(11-15-17(20)6-3-7-18(15)21)14-9-8-12-4-1-2-5-13(12)10-14/h3,6-7,12-14,16H,1-2,4-5,8-11H2. The van der Waals surface area contributed by atoms with Gasteiger partial charge < -0.3 is 0 Å². The van der Waals surface area contributed by atoms with E-state index < -0.39 is 11.6 Å². The van der Waals surface area contributed by atoms with Gasteiger partial charge in [0.25, 0.3) is 0 Å². The van der Waals surface area contributed by atoms with Gasteiger partial charge in [0.05, 0.1) is 0 Å². The van der Waals surface area contributed by atoms with Gasteiger partial charge in [0.1, 0.15) is 11.6 Å². The summed E-state index contributed by atoms with van der Waals surface area (Å²) in [6.07, 6.45) is 9.21. The molecule has 0 heterocycles. The molecule has 4 atom stereocenters. The normalized spacial score (nSPS) is 30.7. The fourth-order valence-electron chi connectivity index (χ4n) is 4.33. The molecule has 0 N–H and O–H groups in total. The van der Waals surface area contributed by atoms with E-state index in [1.165, 1.54) is 50.3 Å². The molecule has 0 aromatic heterocycles. The van der Waals surface area contributed by atoms with E-state index in [0.717, 1.165) is 24.7 Å². The summed E-state index contributed by atoms with van der Waals surface area (Å²) in [5.74, 6) is 1.15. The minimum Gasteiger partial charge on any atom is -0.207 e. The molecule has 0 spiro atoms. The Morgan fingerprint density at radius 1 is 1.00 bits per heavy atom. The van der Waals surface area contributed by atoms with E-state index in [0.29, 0.717) is 12.3 Å². The summed E-state index contributed by atoms with van der Waals surface area (Å²) in [5, 5.41) is -0.153. The van der Waals surface area contributed by atoms with Crippen molar-refractivity contribution in [3.05, 3.63) is 35.4 Å². The van der Waals surface area contributed by atoms with Crippen LogP contribution < -0.4 is 0 Å². The lowest BCUT2D eigenvalue weighted by molar-refractivity contribution is 0.127. The number of hydrogen-bond acceptors (Lipinski definition) is 0. The molecule has 4 unspecified atom stereocenters. The molecule has 21 heavy (non-hydrogen) atoms. The fraction of sp³-hybridized carbons (Fsp3) is 0.667. The first-order valence-electron chi connectivity index (χ1n) is 8.22. The summed E-state index contributed by atoms with van der Waals surface area (Å²) < 4.78 is 27.5. The van der Waals surface area contributed by atoms with Gasteiger partial charge in [-0.2, -0.15) is 0 Å². The predicted molar refractivity (Wildman–Crippen MR) is 82.5 cm³/mol. The van der Waals surface area contributed by atoms with E-state index in [9.17, 15) is 8.78 Å². The second kappa shape index (κ2) is 6.64. The van der Waals surface area contributed by atoms with Crippen molar-refractivity contribution in [2.45, 2.75) is 56.7 Å². The zero-order valence-electron chi connectivity index (χ0n) is 12.3. The first-order chi connectivity index (χ1) is 10.1. The molecular formula is C18H23ClF2. The molecule has 0 aliphatic heterocycles. The summed E-state index contributed by atoms with van der Waals surface area (Å²) in [4.78, 5) is 0. The largest absolute Gasteiger partial charge is 0.207 e. The van der Waals surface area contributed by atoms with E-state index in [1.54, 1.807) is 0 Å². The number of alkyl halides is 1. The number of hydrogen-bond donors (Lipinski definition) is 0. The second-order valence-corrected chi connectivity index (χ2v) is 7.36. The van der Waals surface area contributed by atoms with Crippen LogP contribution in [0.4, 0.5) is 8.78 Å². The Kier molecular flexibility index (Phi) is 4.83. The highest BCUT2D eigenvalue weighted by molar-refractivity contribution is 6.20. The number of rotatable bonds is 3. The first-order valence-corrected chi connectivity index (χ1v) is 8.65. The lowest BCUT2D eigenvalue weighted by Crippen LogP contribution is -2.32. The van der Waals surface area contributed by atoms with Gasteiger partial charge in [0.2, 0.25) is 0 Å². The van der Waals surface area contributed by atoms with Crippen LogP contribution in [0, 0.1) is 29.4 Å². The number of benzene rings is 1. The second-order valence-electron chi connectivity index (χ2n) is 6.80. The molecule has 0 radical (unpaired) electrons. The fourth-order valence-corrected chi connectivity index (χ4v) is 4.71. The zero-order chi connectivity index (χ0) is 14.8. The van der Waals surface area contributed by atoms with Crippen LogP contribution in [0.2, 0.25) is 0 Å². The highest BCUT2D eigenvalue weighted by Gasteiger charge is 2.35. The van der Waals surface area contributed by atoms with Crippen LogP contribution in [-0.2, 0) is 6.42 Å². The average Bonchev–Trinajstić information content (AvgIpc) is 2.50. The van der Waals surface area contributed by atoms with Crippen molar-refractivity contribution in [1.29, 1.82) is 0 Å². The number of fused-ring (bicyclic) bond motifs is 1. The van der Waals surface area contributed by atoms with E-state index >= 15 is 0 Å². The molecular weight excluding hydrogens is 290 g/mol. The summed E-state index contributed by atoms with van der Waals surface area (Å²) in [7, 11) is 0. The molecule has 2 saturated carbocycles. The van der Waals surface area contributed by atoms with Crippen molar-refractivity contribution in [3.63, 3.8) is 0 Å². The van der Waals surface area contributed by atoms with Gasteiger partial charge in [-0.15, -0.1) is 11.6 Å². The van der Waals surface area contributed by atoms with Gasteiger partial charge in [-0.25, -0.2) is 8.78 Å². The van der Waals surface area contributed by atoms with Crippen LogP contribution in [0.1, 0.15) is 50.5 Å². The van der Waals surface area contributed by atoms with Crippen molar-refractivity contribution in [2.75, 3.05) is 0 Å². The maximum absolute atomic E-state index is 13.7. The van der Waals surface area contributed by atoms with Crippen molar-refractivity contribution in [3.8, 4) is 0 Å². The minimum absolute atomic E-state index is 0.153. The SMILES string of the molecule is Fc1cccc(F)c1CC(Cl)C1CCC2CCCCC2C1. The Labute approximate surface area is 130 Å². The van der Waals surface area contributed by atoms with E-state index in [2.05, 4.69) is 0 Å². The smallest absolute Gasteiger partial charge is 0.129 e. The highest BCUT2D eigenvalue weighted by atomic mass is 35.5. The Hall–Kier alpha value is -0.630. The van der Waals surface area contributed by atoms with Crippen molar-refractivity contribution < 1.29 is 8.78 Å². The Balaban J connectivity index is 1.64. The summed E-state index contributed by atoms with van der Waals surface area (Å²) >= 11 is 6.54. The molecule has 0 saturated heterocycles. The molecule has 1 aromatic rings. The molecule has 2 aliphatic carbocycles. The van der Waals surface area contributed by atoms with E-state index in [-0.39, 0.29) is 10.9 Å². The van der Waals surface area contributed by atoms with Gasteiger partial charge in [0, 0.05) is 10.9 Å². The first kappa shape index (κ1) is 15.3. The number of halogens is 3. The van der Waals surface area contributed by atoms with Crippen LogP contribution in [-0.4, -0.2) is 5.38 Å². The minimum atomic E-state index is -0.466. The molecule has 0 nitrogen and oxygen atoms in total. The topological polar surface area (TPSA) is 0 Å². The molecule has 0 bridgehead atoms. The average molecular weight is 313 g/mol. The maximum atomic E-state index is 13.7. The Morgan fingerprint density at radius 2 is 1.67 bits per heavy atom. The van der Waals surface area contributed by atoms with Gasteiger partial charge in [0.15, 0.2) is 0 Å². The molecule has 2 fully saturated rings. The third kappa shape index (κ3) is 3.41. The molecule has 2 aliphatic rings. The molecule has 3 rings (SSSR count). The van der Waals surface area contributed by atoms with Crippen molar-refractivity contribution in [1.82, 2.24) is 0 Å². The lowest BCUT2D eigenvalue weighted by Gasteiger charge is -2.40. The van der Waals surface area contributed by atoms with Crippen molar-refractivity contribution >= 4 is 11.6 Å². The molecule has 0 amide bonds. The van der Waals surface area contributed by atoms with Gasteiger partial charge in [-0.3, -0.25) is 0 Å². The monoisotopic (exact) mass is 312 g/mol. The maximum Gasteiger partial charge on any atom is 0.129 e. The highest BCUT2D eigenvalue weighted by Crippen LogP contribution is 2.44. The van der Waals surface area contributed by atoms with Crippen LogP contribution in [0.5, 0.6) is 0 Å². The van der Waals surface area contributed by atoms with Crippen LogP contribution in [0.3, 0.4) is 0 Å². The Bertz CT molecular complexity index is 468. The Morgan fingerprint density at radius 3 is 2.38 bits per heavy atom. The van der Waals surface area contributed by atoms with Gasteiger partial charge >= 0.3 is 0 Å². The summed E-state index contributed by atoms with van der Waals surface area (Å²) in [6.45, 7) is 0. The van der Waals surface area contributed by atoms with E-state index in [4.69, 9.17) is 11.6 Å². The lowest BCUT2D eigenvalue weighted by atomic mass is 9.66. The molecule has 116 valence electrons. The molecule has 3 heteroatoms. The van der Waals surface area contributed by atoms with Crippen molar-refractivity contribution in [2.24, 2.45) is 17.8 Å². The van der Waals surface area contributed by atoms with Gasteiger partial charge in [-0.05, 0) is 55.6 Å². The quantitative estimate of drug-likeness (QED) is 0.626. The third-order valence-corrected chi connectivity index (χ3v) is 6.06. The summed E-state index contributed by atoms with van der Waals surface area (Å²) in [5.41, 5.74) is 0.156.